The SMILES string of the molecule is CCc1nnc(NC(=O)/C(C#N)=C\c2ccc(OCc3ccc(C(F)(F)F)cc3C(F)(F)F)c(OC)c2)o1. The Bertz CT molecular complexity index is 1390. The lowest BCUT2D eigenvalue weighted by molar-refractivity contribution is -0.143. The maximum absolute atomic E-state index is 13.4. The molecule has 1 amide bonds. The number of carbonyl (C=O) groups is 1. The molecule has 0 unspecified atom stereocenters. The Balaban J connectivity index is 1.81. The highest BCUT2D eigenvalue weighted by Gasteiger charge is 2.38. The molecule has 200 valence electrons. The van der Waals surface area contributed by atoms with E-state index in [1.165, 1.54) is 31.4 Å². The van der Waals surface area contributed by atoms with Crippen LogP contribution in [-0.2, 0) is 30.2 Å². The van der Waals surface area contributed by atoms with Gasteiger partial charge in [0.1, 0.15) is 18.2 Å². The van der Waals surface area contributed by atoms with Crippen LogP contribution in [0.3, 0.4) is 0 Å². The van der Waals surface area contributed by atoms with Gasteiger partial charge in [0.15, 0.2) is 11.5 Å². The molecular weight excluding hydrogens is 522 g/mol. The lowest BCUT2D eigenvalue weighted by atomic mass is 10.0. The number of methoxy groups -OCH3 is 1. The standard InChI is InChI=1S/C24H18F6N4O4/c1-3-20-33-34-22(38-20)32-21(35)15(11-31)8-13-4-7-18(19(9-13)36-2)37-12-14-5-6-16(23(25,26)27)10-17(14)24(28,29)30/h4-10H,3,12H2,1-2H3,(H,32,34,35)/b15-8-. The molecule has 1 heterocycles. The van der Waals surface area contributed by atoms with Crippen LogP contribution in [0.5, 0.6) is 11.5 Å². The fourth-order valence-electron chi connectivity index (χ4n) is 3.12. The van der Waals surface area contributed by atoms with Gasteiger partial charge in [0.2, 0.25) is 5.89 Å². The van der Waals surface area contributed by atoms with E-state index in [4.69, 9.17) is 13.9 Å². The van der Waals surface area contributed by atoms with E-state index in [9.17, 15) is 36.4 Å². The van der Waals surface area contributed by atoms with Gasteiger partial charge in [-0.05, 0) is 35.9 Å². The van der Waals surface area contributed by atoms with Crippen LogP contribution in [0.4, 0.5) is 32.4 Å². The van der Waals surface area contributed by atoms with Crippen molar-refractivity contribution in [1.29, 1.82) is 5.26 Å². The maximum Gasteiger partial charge on any atom is 0.416 e. The second kappa shape index (κ2) is 11.2. The minimum absolute atomic E-state index is 0.0235. The first-order valence-corrected chi connectivity index (χ1v) is 10.7. The third-order valence-corrected chi connectivity index (χ3v) is 4.98. The first-order chi connectivity index (χ1) is 17.8. The molecule has 8 nitrogen and oxygen atoms in total. The first kappa shape index (κ1) is 28.0. The smallest absolute Gasteiger partial charge is 0.416 e. The predicted octanol–water partition coefficient (Wildman–Crippen LogP) is 5.80. The Morgan fingerprint density at radius 1 is 1.08 bits per heavy atom. The van der Waals surface area contributed by atoms with Crippen molar-refractivity contribution >= 4 is 18.0 Å². The summed E-state index contributed by atoms with van der Waals surface area (Å²) in [4.78, 5) is 12.4. The molecule has 2 aromatic carbocycles. The summed E-state index contributed by atoms with van der Waals surface area (Å²) in [6.45, 7) is 1.05. The number of nitriles is 1. The van der Waals surface area contributed by atoms with Crippen molar-refractivity contribution in [2.24, 2.45) is 0 Å². The summed E-state index contributed by atoms with van der Waals surface area (Å²) in [5, 5.41) is 19.0. The van der Waals surface area contributed by atoms with Crippen LogP contribution in [0.25, 0.3) is 6.08 Å². The number of benzene rings is 2. The molecule has 0 spiro atoms. The summed E-state index contributed by atoms with van der Waals surface area (Å²) in [7, 11) is 1.24. The van der Waals surface area contributed by atoms with E-state index in [1.807, 2.05) is 0 Å². The second-order valence-corrected chi connectivity index (χ2v) is 7.54. The molecule has 3 aromatic rings. The number of rotatable bonds is 8. The Morgan fingerprint density at radius 3 is 2.39 bits per heavy atom. The van der Waals surface area contributed by atoms with Crippen molar-refractivity contribution in [3.63, 3.8) is 0 Å². The molecule has 0 fully saturated rings. The minimum Gasteiger partial charge on any atom is -0.493 e. The van der Waals surface area contributed by atoms with E-state index < -0.39 is 41.6 Å². The highest BCUT2D eigenvalue weighted by Crippen LogP contribution is 2.38. The number of alkyl halides is 6. The molecule has 0 bridgehead atoms. The minimum atomic E-state index is -5.05. The largest absolute Gasteiger partial charge is 0.493 e. The van der Waals surface area contributed by atoms with Crippen LogP contribution in [-0.4, -0.2) is 23.2 Å². The molecule has 14 heteroatoms. The first-order valence-electron chi connectivity index (χ1n) is 10.7. The third-order valence-electron chi connectivity index (χ3n) is 4.98. The number of hydrogen-bond donors (Lipinski definition) is 1. The van der Waals surface area contributed by atoms with Crippen molar-refractivity contribution in [3.8, 4) is 17.6 Å². The highest BCUT2D eigenvalue weighted by molar-refractivity contribution is 6.08. The maximum atomic E-state index is 13.4. The van der Waals surface area contributed by atoms with Crippen molar-refractivity contribution in [1.82, 2.24) is 10.2 Å². The number of ether oxygens (including phenoxy) is 2. The Hall–Kier alpha value is -4.54. The second-order valence-electron chi connectivity index (χ2n) is 7.54. The van der Waals surface area contributed by atoms with Crippen molar-refractivity contribution in [2.45, 2.75) is 32.3 Å². The average molecular weight is 540 g/mol. The zero-order chi connectivity index (χ0) is 28.1. The molecule has 0 aliphatic carbocycles. The van der Waals surface area contributed by atoms with E-state index in [2.05, 4.69) is 15.5 Å². The summed E-state index contributed by atoms with van der Waals surface area (Å²) < 4.78 is 94.6. The number of nitrogens with one attached hydrogen (secondary N) is 1. The topological polar surface area (TPSA) is 110 Å². The van der Waals surface area contributed by atoms with E-state index in [-0.39, 0.29) is 35.0 Å². The molecule has 38 heavy (non-hydrogen) atoms. The Labute approximate surface area is 211 Å². The fourth-order valence-corrected chi connectivity index (χ4v) is 3.12. The average Bonchev–Trinajstić information content (AvgIpc) is 3.32. The monoisotopic (exact) mass is 540 g/mol. The van der Waals surface area contributed by atoms with Crippen LogP contribution in [0, 0.1) is 11.3 Å². The summed E-state index contributed by atoms with van der Waals surface area (Å²) in [5.74, 6) is -0.554. The van der Waals surface area contributed by atoms with Gasteiger partial charge in [0.25, 0.3) is 5.91 Å². The van der Waals surface area contributed by atoms with E-state index in [0.717, 1.165) is 0 Å². The van der Waals surface area contributed by atoms with Crippen LogP contribution in [0.1, 0.15) is 35.1 Å². The number of anilines is 1. The molecular formula is C24H18F6N4O4. The van der Waals surface area contributed by atoms with Gasteiger partial charge in [-0.2, -0.15) is 31.6 Å². The molecule has 0 atom stereocenters. The lowest BCUT2D eigenvalue weighted by Gasteiger charge is -2.17. The summed E-state index contributed by atoms with van der Waals surface area (Å²) >= 11 is 0. The number of aryl methyl sites for hydroxylation is 1. The zero-order valence-corrected chi connectivity index (χ0v) is 19.7. The molecule has 0 radical (unpaired) electrons. The zero-order valence-electron chi connectivity index (χ0n) is 19.7. The molecule has 0 aliphatic rings. The van der Waals surface area contributed by atoms with Gasteiger partial charge in [-0.3, -0.25) is 10.1 Å². The number of amides is 1. The quantitative estimate of drug-likeness (QED) is 0.218. The van der Waals surface area contributed by atoms with Crippen molar-refractivity contribution < 1.29 is 45.0 Å². The number of aromatic nitrogens is 2. The summed E-state index contributed by atoms with van der Waals surface area (Å²) in [6.07, 6.45) is -8.36. The molecule has 0 saturated carbocycles. The lowest BCUT2D eigenvalue weighted by Crippen LogP contribution is -2.14. The fraction of sp³-hybridized carbons (Fsp3) is 0.250. The number of halogens is 6. The Kier molecular flexibility index (Phi) is 8.29. The molecule has 1 N–H and O–H groups in total. The Morgan fingerprint density at radius 2 is 1.82 bits per heavy atom. The van der Waals surface area contributed by atoms with Crippen LogP contribution < -0.4 is 14.8 Å². The summed E-state index contributed by atoms with van der Waals surface area (Å²) in [6, 6.07) is 6.82. The van der Waals surface area contributed by atoms with Crippen LogP contribution in [0.2, 0.25) is 0 Å². The number of carbonyl (C=O) groups excluding carboxylic acids is 1. The predicted molar refractivity (Wildman–Crippen MR) is 120 cm³/mol. The van der Waals surface area contributed by atoms with Gasteiger partial charge >= 0.3 is 18.4 Å². The van der Waals surface area contributed by atoms with E-state index >= 15 is 0 Å². The molecule has 3 rings (SSSR count). The van der Waals surface area contributed by atoms with Gasteiger partial charge < -0.3 is 13.9 Å². The highest BCUT2D eigenvalue weighted by atomic mass is 19.4. The molecule has 0 saturated heterocycles. The van der Waals surface area contributed by atoms with Gasteiger partial charge in [-0.25, -0.2) is 0 Å². The summed E-state index contributed by atoms with van der Waals surface area (Å²) in [5.41, 5.74) is -3.48. The van der Waals surface area contributed by atoms with Gasteiger partial charge in [-0.1, -0.05) is 24.2 Å². The van der Waals surface area contributed by atoms with Crippen LogP contribution in [0.15, 0.2) is 46.4 Å². The van der Waals surface area contributed by atoms with Crippen molar-refractivity contribution in [3.05, 3.63) is 70.1 Å². The van der Waals surface area contributed by atoms with E-state index in [0.29, 0.717) is 24.1 Å². The number of hydrogen-bond acceptors (Lipinski definition) is 7. The van der Waals surface area contributed by atoms with Gasteiger partial charge in [0.05, 0.1) is 18.2 Å². The van der Waals surface area contributed by atoms with E-state index in [1.54, 1.807) is 13.0 Å². The number of nitrogens with zero attached hydrogens (tertiary/aromatic N) is 3. The normalized spacial score (nSPS) is 12.1. The van der Waals surface area contributed by atoms with Crippen molar-refractivity contribution in [2.75, 3.05) is 12.4 Å². The van der Waals surface area contributed by atoms with Gasteiger partial charge in [-0.15, -0.1) is 5.10 Å². The van der Waals surface area contributed by atoms with Gasteiger partial charge in [0, 0.05) is 12.0 Å². The third kappa shape index (κ3) is 6.81. The van der Waals surface area contributed by atoms with Crippen LogP contribution >= 0.6 is 0 Å². The molecule has 0 aliphatic heterocycles. The molecule has 1 aromatic heterocycles.